The Morgan fingerprint density at radius 2 is 1.50 bits per heavy atom. The van der Waals surface area contributed by atoms with Crippen LogP contribution in [0.5, 0.6) is 0 Å². The molecule has 1 fully saturated rings. The van der Waals surface area contributed by atoms with E-state index in [1.165, 1.54) is 0 Å². The summed E-state index contributed by atoms with van der Waals surface area (Å²) in [5.74, 6) is -0.749. The topological polar surface area (TPSA) is 77.9 Å². The van der Waals surface area contributed by atoms with E-state index in [1.54, 1.807) is 9.80 Å². The summed E-state index contributed by atoms with van der Waals surface area (Å²) < 4.78 is 0. The quantitative estimate of drug-likeness (QED) is 0.819. The lowest BCUT2D eigenvalue weighted by Gasteiger charge is -2.37. The predicted octanol–water partition coefficient (Wildman–Crippen LogP) is 0.521. The minimum absolute atomic E-state index is 0.0564. The largest absolute Gasteiger partial charge is 0.481 e. The molecule has 0 atom stereocenters. The summed E-state index contributed by atoms with van der Waals surface area (Å²) in [7, 11) is 0. The molecule has 6 nitrogen and oxygen atoms in total. The number of hydrogen-bond acceptors (Lipinski definition) is 4. The Balaban J connectivity index is 2.36. The molecule has 0 aromatic rings. The summed E-state index contributed by atoms with van der Waals surface area (Å²) in [4.78, 5) is 37.8. The van der Waals surface area contributed by atoms with Gasteiger partial charge in [0.15, 0.2) is 0 Å². The number of amides is 2. The maximum atomic E-state index is 12.1. The van der Waals surface area contributed by atoms with Crippen molar-refractivity contribution >= 4 is 29.5 Å². The number of thioether (sulfide) groups is 1. The molecule has 0 saturated carbocycles. The minimum Gasteiger partial charge on any atom is -0.481 e. The number of aliphatic carboxylic acids is 1. The van der Waals surface area contributed by atoms with Gasteiger partial charge in [0.05, 0.1) is 11.5 Å². The second-order valence-corrected chi connectivity index (χ2v) is 6.80. The molecule has 0 aromatic heterocycles. The van der Waals surface area contributed by atoms with Crippen LogP contribution in [0.2, 0.25) is 0 Å². The van der Waals surface area contributed by atoms with Crippen LogP contribution in [-0.2, 0) is 14.4 Å². The van der Waals surface area contributed by atoms with E-state index in [0.29, 0.717) is 26.2 Å². The molecule has 2 amide bonds. The Labute approximate surface area is 123 Å². The van der Waals surface area contributed by atoms with Crippen LogP contribution < -0.4 is 0 Å². The molecule has 1 heterocycles. The van der Waals surface area contributed by atoms with Crippen LogP contribution in [0, 0.1) is 5.41 Å². The molecular weight excluding hydrogens is 280 g/mol. The molecule has 1 saturated heterocycles. The van der Waals surface area contributed by atoms with Crippen molar-refractivity contribution < 1.29 is 19.5 Å². The van der Waals surface area contributed by atoms with E-state index in [4.69, 9.17) is 5.11 Å². The third-order valence-electron chi connectivity index (χ3n) is 3.01. The highest BCUT2D eigenvalue weighted by Crippen LogP contribution is 2.18. The number of hydrogen-bond donors (Lipinski definition) is 1. The maximum absolute atomic E-state index is 12.1. The average molecular weight is 302 g/mol. The number of carboxylic acids is 1. The van der Waals surface area contributed by atoms with Gasteiger partial charge in [-0.25, -0.2) is 0 Å². The summed E-state index contributed by atoms with van der Waals surface area (Å²) in [5.41, 5.74) is -0.399. The lowest BCUT2D eigenvalue weighted by molar-refractivity contribution is -0.144. The number of rotatable bonds is 4. The minimum atomic E-state index is -0.914. The summed E-state index contributed by atoms with van der Waals surface area (Å²) in [6, 6.07) is 0. The van der Waals surface area contributed by atoms with Gasteiger partial charge in [-0.1, -0.05) is 20.8 Å². The first-order valence-electron chi connectivity index (χ1n) is 6.58. The summed E-state index contributed by atoms with van der Waals surface area (Å²) in [6.45, 7) is 7.79. The fourth-order valence-electron chi connectivity index (χ4n) is 1.95. The number of piperazine rings is 1. The monoisotopic (exact) mass is 302 g/mol. The van der Waals surface area contributed by atoms with E-state index in [9.17, 15) is 14.4 Å². The summed E-state index contributed by atoms with van der Waals surface area (Å²) >= 11 is 1.10. The lowest BCUT2D eigenvalue weighted by atomic mass is 9.94. The average Bonchev–Trinajstić information content (AvgIpc) is 2.36. The van der Waals surface area contributed by atoms with Gasteiger partial charge in [0, 0.05) is 31.6 Å². The highest BCUT2D eigenvalue weighted by atomic mass is 32.2. The number of carboxylic acid groups (broad SMARTS) is 1. The van der Waals surface area contributed by atoms with Crippen molar-refractivity contribution in [1.82, 2.24) is 9.80 Å². The van der Waals surface area contributed by atoms with Gasteiger partial charge < -0.3 is 14.9 Å². The Hall–Kier alpha value is -1.24. The molecule has 0 aliphatic carbocycles. The normalized spacial score (nSPS) is 16.1. The van der Waals surface area contributed by atoms with E-state index in [-0.39, 0.29) is 23.3 Å². The van der Waals surface area contributed by atoms with Gasteiger partial charge in [0.25, 0.3) is 0 Å². The van der Waals surface area contributed by atoms with Crippen molar-refractivity contribution in [2.24, 2.45) is 5.41 Å². The zero-order valence-corrected chi connectivity index (χ0v) is 13.0. The lowest BCUT2D eigenvalue weighted by Crippen LogP contribution is -2.53. The van der Waals surface area contributed by atoms with Crippen molar-refractivity contribution in [1.29, 1.82) is 0 Å². The van der Waals surface area contributed by atoms with Crippen LogP contribution in [0.15, 0.2) is 0 Å². The molecule has 0 spiro atoms. The van der Waals surface area contributed by atoms with Crippen molar-refractivity contribution in [3.05, 3.63) is 0 Å². The van der Waals surface area contributed by atoms with Gasteiger partial charge in [0.1, 0.15) is 0 Å². The van der Waals surface area contributed by atoms with Crippen LogP contribution in [0.4, 0.5) is 0 Å². The Kier molecular flexibility index (Phi) is 5.86. The summed E-state index contributed by atoms with van der Waals surface area (Å²) in [6.07, 6.45) is 0. The smallest absolute Gasteiger partial charge is 0.313 e. The molecule has 1 rings (SSSR count). The van der Waals surface area contributed by atoms with Crippen molar-refractivity contribution in [3.8, 4) is 0 Å². The Morgan fingerprint density at radius 3 is 1.95 bits per heavy atom. The van der Waals surface area contributed by atoms with Gasteiger partial charge in [0.2, 0.25) is 11.8 Å². The van der Waals surface area contributed by atoms with E-state index in [2.05, 4.69) is 0 Å². The van der Waals surface area contributed by atoms with Gasteiger partial charge in [-0.15, -0.1) is 11.8 Å². The van der Waals surface area contributed by atoms with Crippen molar-refractivity contribution in [2.45, 2.75) is 20.8 Å². The van der Waals surface area contributed by atoms with Gasteiger partial charge in [-0.2, -0.15) is 0 Å². The first kappa shape index (κ1) is 16.8. The van der Waals surface area contributed by atoms with Gasteiger partial charge in [-0.05, 0) is 0 Å². The molecule has 1 aliphatic heterocycles. The van der Waals surface area contributed by atoms with E-state index in [0.717, 1.165) is 11.8 Å². The molecule has 1 N–H and O–H groups in total. The summed E-state index contributed by atoms with van der Waals surface area (Å²) in [5, 5.41) is 8.52. The van der Waals surface area contributed by atoms with E-state index >= 15 is 0 Å². The Bertz CT molecular complexity index is 384. The Morgan fingerprint density at radius 1 is 1.00 bits per heavy atom. The molecule has 1 aliphatic rings. The number of carbonyl (C=O) groups is 3. The molecule has 114 valence electrons. The van der Waals surface area contributed by atoms with E-state index in [1.807, 2.05) is 20.8 Å². The first-order valence-corrected chi connectivity index (χ1v) is 7.74. The molecule has 0 unspecified atom stereocenters. The predicted molar refractivity (Wildman–Crippen MR) is 77.6 cm³/mol. The maximum Gasteiger partial charge on any atom is 0.313 e. The highest BCUT2D eigenvalue weighted by molar-refractivity contribution is 8.00. The first-order chi connectivity index (χ1) is 9.21. The number of carbonyl (C=O) groups excluding carboxylic acids is 2. The third-order valence-corrected chi connectivity index (χ3v) is 3.91. The molecule has 0 bridgehead atoms. The second kappa shape index (κ2) is 6.97. The van der Waals surface area contributed by atoms with Crippen molar-refractivity contribution in [2.75, 3.05) is 37.7 Å². The van der Waals surface area contributed by atoms with Crippen LogP contribution >= 0.6 is 11.8 Å². The van der Waals surface area contributed by atoms with Crippen molar-refractivity contribution in [3.63, 3.8) is 0 Å². The van der Waals surface area contributed by atoms with Gasteiger partial charge in [-0.3, -0.25) is 14.4 Å². The highest BCUT2D eigenvalue weighted by Gasteiger charge is 2.30. The van der Waals surface area contributed by atoms with Crippen LogP contribution in [0.1, 0.15) is 20.8 Å². The standard InChI is InChI=1S/C13H22N2O4S/c1-13(2,3)12(19)15-6-4-14(5-7-15)10(16)8-20-9-11(17)18/h4-9H2,1-3H3,(H,17,18). The third kappa shape index (κ3) is 5.03. The van der Waals surface area contributed by atoms with Gasteiger partial charge >= 0.3 is 5.97 Å². The fraction of sp³-hybridized carbons (Fsp3) is 0.769. The van der Waals surface area contributed by atoms with E-state index < -0.39 is 11.4 Å². The zero-order valence-electron chi connectivity index (χ0n) is 12.2. The van der Waals surface area contributed by atoms with Crippen LogP contribution in [0.3, 0.4) is 0 Å². The molecule has 20 heavy (non-hydrogen) atoms. The molecule has 0 aromatic carbocycles. The van der Waals surface area contributed by atoms with Crippen LogP contribution in [0.25, 0.3) is 0 Å². The molecular formula is C13H22N2O4S. The number of nitrogens with zero attached hydrogens (tertiary/aromatic N) is 2. The molecule has 0 radical (unpaired) electrons. The molecule has 7 heteroatoms. The zero-order chi connectivity index (χ0) is 15.3. The SMILES string of the molecule is CC(C)(C)C(=O)N1CCN(C(=O)CSCC(=O)O)CC1. The van der Waals surface area contributed by atoms with Crippen LogP contribution in [-0.4, -0.2) is 70.4 Å². The fourth-order valence-corrected chi connectivity index (χ4v) is 2.58. The second-order valence-electron chi connectivity index (χ2n) is 5.81.